The van der Waals surface area contributed by atoms with Crippen molar-refractivity contribution >= 4 is 11.9 Å². The van der Waals surface area contributed by atoms with Crippen LogP contribution in [0, 0.1) is 26.7 Å². The molecule has 29 heavy (non-hydrogen) atoms. The highest BCUT2D eigenvalue weighted by atomic mass is 16.5. The molecule has 1 amide bonds. The fourth-order valence-corrected chi connectivity index (χ4v) is 4.10. The van der Waals surface area contributed by atoms with Crippen LogP contribution >= 0.6 is 0 Å². The zero-order chi connectivity index (χ0) is 21.0. The average Bonchev–Trinajstić information content (AvgIpc) is 3.09. The highest BCUT2D eigenvalue weighted by Crippen LogP contribution is 2.35. The minimum atomic E-state index is -0.370. The SMILES string of the molecule is CCOC(=O)[C@H](c1cc(C)cc(C)c1)[C@H]1C=C[C@@H](NC(=O)c2cccc(C)c2)C1. The van der Waals surface area contributed by atoms with E-state index < -0.39 is 0 Å². The van der Waals surface area contributed by atoms with E-state index >= 15 is 0 Å². The summed E-state index contributed by atoms with van der Waals surface area (Å²) >= 11 is 0. The van der Waals surface area contributed by atoms with Crippen LogP contribution in [-0.4, -0.2) is 24.5 Å². The monoisotopic (exact) mass is 391 g/mol. The Bertz CT molecular complexity index is 911. The smallest absolute Gasteiger partial charge is 0.314 e. The van der Waals surface area contributed by atoms with Crippen LogP contribution in [0.5, 0.6) is 0 Å². The van der Waals surface area contributed by atoms with Gasteiger partial charge in [-0.2, -0.15) is 0 Å². The van der Waals surface area contributed by atoms with Crippen molar-refractivity contribution in [3.8, 4) is 0 Å². The van der Waals surface area contributed by atoms with Crippen LogP contribution in [0.1, 0.15) is 51.9 Å². The third kappa shape index (κ3) is 5.14. The summed E-state index contributed by atoms with van der Waals surface area (Å²) < 4.78 is 5.39. The molecule has 2 aromatic rings. The summed E-state index contributed by atoms with van der Waals surface area (Å²) in [5.74, 6) is -0.690. The molecule has 4 nitrogen and oxygen atoms in total. The lowest BCUT2D eigenvalue weighted by molar-refractivity contribution is -0.146. The van der Waals surface area contributed by atoms with E-state index in [0.717, 1.165) is 22.3 Å². The van der Waals surface area contributed by atoms with Crippen molar-refractivity contribution in [1.29, 1.82) is 0 Å². The molecule has 4 heteroatoms. The first kappa shape index (κ1) is 20.8. The number of benzene rings is 2. The van der Waals surface area contributed by atoms with Crippen molar-refractivity contribution in [2.75, 3.05) is 6.61 Å². The number of nitrogens with one attached hydrogen (secondary N) is 1. The largest absolute Gasteiger partial charge is 0.466 e. The second-order valence-corrected chi connectivity index (χ2v) is 7.88. The van der Waals surface area contributed by atoms with Gasteiger partial charge in [0.15, 0.2) is 0 Å². The molecule has 0 aliphatic heterocycles. The number of esters is 1. The summed E-state index contributed by atoms with van der Waals surface area (Å²) in [5.41, 5.74) is 4.93. The van der Waals surface area contributed by atoms with E-state index in [0.29, 0.717) is 18.6 Å². The summed E-state index contributed by atoms with van der Waals surface area (Å²) in [6, 6.07) is 13.7. The van der Waals surface area contributed by atoms with Gasteiger partial charge in [-0.05, 0) is 57.7 Å². The fraction of sp³-hybridized carbons (Fsp3) is 0.360. The number of amides is 1. The Morgan fingerprint density at radius 3 is 2.41 bits per heavy atom. The van der Waals surface area contributed by atoms with Gasteiger partial charge in [0.1, 0.15) is 0 Å². The average molecular weight is 392 g/mol. The first-order valence-electron chi connectivity index (χ1n) is 10.2. The summed E-state index contributed by atoms with van der Waals surface area (Å²) in [7, 11) is 0. The van der Waals surface area contributed by atoms with Crippen molar-refractivity contribution in [1.82, 2.24) is 5.32 Å². The zero-order valence-corrected chi connectivity index (χ0v) is 17.6. The topological polar surface area (TPSA) is 55.4 Å². The Morgan fingerprint density at radius 1 is 1.03 bits per heavy atom. The lowest BCUT2D eigenvalue weighted by Crippen LogP contribution is -2.34. The maximum Gasteiger partial charge on any atom is 0.314 e. The number of carbonyl (C=O) groups excluding carboxylic acids is 2. The third-order valence-corrected chi connectivity index (χ3v) is 5.29. The molecule has 0 bridgehead atoms. The second-order valence-electron chi connectivity index (χ2n) is 7.88. The summed E-state index contributed by atoms with van der Waals surface area (Å²) in [6.45, 7) is 8.22. The first-order chi connectivity index (χ1) is 13.9. The van der Waals surface area contributed by atoms with Gasteiger partial charge in [0, 0.05) is 11.6 Å². The van der Waals surface area contributed by atoms with Gasteiger partial charge >= 0.3 is 5.97 Å². The molecular formula is C25H29NO3. The highest BCUT2D eigenvalue weighted by Gasteiger charge is 2.34. The molecule has 152 valence electrons. The van der Waals surface area contributed by atoms with Crippen LogP contribution in [-0.2, 0) is 9.53 Å². The van der Waals surface area contributed by atoms with E-state index in [1.54, 1.807) is 0 Å². The van der Waals surface area contributed by atoms with E-state index in [9.17, 15) is 9.59 Å². The predicted molar refractivity (Wildman–Crippen MR) is 115 cm³/mol. The Labute approximate surface area is 173 Å². The molecular weight excluding hydrogens is 362 g/mol. The highest BCUT2D eigenvalue weighted by molar-refractivity contribution is 5.94. The first-order valence-corrected chi connectivity index (χ1v) is 10.2. The summed E-state index contributed by atoms with van der Waals surface area (Å²) in [6.07, 6.45) is 4.71. The zero-order valence-electron chi connectivity index (χ0n) is 17.6. The molecule has 2 aromatic carbocycles. The van der Waals surface area contributed by atoms with E-state index in [1.807, 2.05) is 64.1 Å². The number of ether oxygens (including phenoxy) is 1. The van der Waals surface area contributed by atoms with Gasteiger partial charge in [0.2, 0.25) is 0 Å². The lowest BCUT2D eigenvalue weighted by atomic mass is 9.84. The standard InChI is InChI=1S/C25H29NO3/c1-5-29-25(28)23(21-13-17(3)11-18(4)14-21)19-9-10-22(15-19)26-24(27)20-8-6-7-16(2)12-20/h6-14,19,22-23H,5,15H2,1-4H3,(H,26,27)/t19-,22+,23-/m0/s1. The normalized spacial score (nSPS) is 19.0. The predicted octanol–water partition coefficient (Wildman–Crippen LogP) is 4.63. The second kappa shape index (κ2) is 9.08. The summed E-state index contributed by atoms with van der Waals surface area (Å²) in [5, 5.41) is 3.07. The number of carbonyl (C=O) groups is 2. The molecule has 3 atom stereocenters. The molecule has 3 rings (SSSR count). The Balaban J connectivity index is 1.76. The van der Waals surface area contributed by atoms with Gasteiger partial charge in [-0.25, -0.2) is 0 Å². The number of rotatable bonds is 6. The van der Waals surface area contributed by atoms with Crippen LogP contribution in [0.15, 0.2) is 54.6 Å². The van der Waals surface area contributed by atoms with Crippen LogP contribution in [0.25, 0.3) is 0 Å². The van der Waals surface area contributed by atoms with Gasteiger partial charge in [0.05, 0.1) is 12.5 Å². The quantitative estimate of drug-likeness (QED) is 0.577. The lowest BCUT2D eigenvalue weighted by Gasteiger charge is -2.23. The molecule has 0 saturated heterocycles. The van der Waals surface area contributed by atoms with Crippen molar-refractivity contribution in [2.24, 2.45) is 5.92 Å². The van der Waals surface area contributed by atoms with Crippen molar-refractivity contribution in [3.63, 3.8) is 0 Å². The van der Waals surface area contributed by atoms with Gasteiger partial charge < -0.3 is 10.1 Å². The Morgan fingerprint density at radius 2 is 1.76 bits per heavy atom. The van der Waals surface area contributed by atoms with Crippen molar-refractivity contribution in [3.05, 3.63) is 82.4 Å². The van der Waals surface area contributed by atoms with E-state index in [1.165, 1.54) is 0 Å². The van der Waals surface area contributed by atoms with E-state index in [4.69, 9.17) is 4.74 Å². The Kier molecular flexibility index (Phi) is 6.53. The maximum absolute atomic E-state index is 12.8. The third-order valence-electron chi connectivity index (χ3n) is 5.29. The minimum Gasteiger partial charge on any atom is -0.466 e. The number of hydrogen-bond acceptors (Lipinski definition) is 3. The van der Waals surface area contributed by atoms with Gasteiger partial charge in [-0.15, -0.1) is 0 Å². The van der Waals surface area contributed by atoms with Crippen LogP contribution in [0.4, 0.5) is 0 Å². The molecule has 0 heterocycles. The van der Waals surface area contributed by atoms with Gasteiger partial charge in [0.25, 0.3) is 5.91 Å². The number of hydrogen-bond donors (Lipinski definition) is 1. The van der Waals surface area contributed by atoms with E-state index in [-0.39, 0.29) is 29.8 Å². The van der Waals surface area contributed by atoms with Crippen molar-refractivity contribution in [2.45, 2.75) is 46.1 Å². The number of aryl methyl sites for hydroxylation is 3. The maximum atomic E-state index is 12.8. The molecule has 0 aromatic heterocycles. The van der Waals surface area contributed by atoms with E-state index in [2.05, 4.69) is 23.5 Å². The molecule has 1 aliphatic rings. The molecule has 0 radical (unpaired) electrons. The molecule has 0 fully saturated rings. The van der Waals surface area contributed by atoms with Gasteiger partial charge in [-0.3, -0.25) is 9.59 Å². The Hall–Kier alpha value is -2.88. The summed E-state index contributed by atoms with van der Waals surface area (Å²) in [4.78, 5) is 25.4. The van der Waals surface area contributed by atoms with Crippen LogP contribution in [0.3, 0.4) is 0 Å². The fourth-order valence-electron chi connectivity index (χ4n) is 4.10. The van der Waals surface area contributed by atoms with Gasteiger partial charge in [-0.1, -0.05) is 59.2 Å². The molecule has 0 spiro atoms. The molecule has 1 aliphatic carbocycles. The van der Waals surface area contributed by atoms with Crippen LogP contribution < -0.4 is 5.32 Å². The minimum absolute atomic E-state index is 0.0157. The molecule has 0 saturated carbocycles. The molecule has 1 N–H and O–H groups in total. The molecule has 0 unspecified atom stereocenters. The van der Waals surface area contributed by atoms with Crippen LogP contribution in [0.2, 0.25) is 0 Å². The number of allylic oxidation sites excluding steroid dienone is 1. The van der Waals surface area contributed by atoms with Crippen molar-refractivity contribution < 1.29 is 14.3 Å².